The second-order valence-electron chi connectivity index (χ2n) is 13.1. The van der Waals surface area contributed by atoms with E-state index >= 15 is 0 Å². The Hall–Kier alpha value is -0.240. The molecule has 0 aliphatic heterocycles. The van der Waals surface area contributed by atoms with Crippen molar-refractivity contribution in [2.45, 2.75) is 115 Å². The lowest BCUT2D eigenvalue weighted by atomic mass is 9.42. The summed E-state index contributed by atoms with van der Waals surface area (Å²) in [4.78, 5) is 0. The number of fused-ring (bicyclic) bond motifs is 5. The van der Waals surface area contributed by atoms with Gasteiger partial charge in [0, 0.05) is 18.9 Å². The zero-order chi connectivity index (χ0) is 24.3. The lowest BCUT2D eigenvalue weighted by Gasteiger charge is -2.65. The van der Waals surface area contributed by atoms with Gasteiger partial charge in [0.1, 0.15) is 0 Å². The quantitative estimate of drug-likeness (QED) is 0.356. The molecule has 0 heterocycles. The average molecular weight is 469 g/mol. The normalized spacial score (nSPS) is 53.6. The van der Waals surface area contributed by atoms with Crippen LogP contribution in [0.3, 0.4) is 0 Å². The molecular formula is C27H48O6. The summed E-state index contributed by atoms with van der Waals surface area (Å²) in [6.07, 6.45) is 3.75. The van der Waals surface area contributed by atoms with Crippen molar-refractivity contribution in [1.82, 2.24) is 0 Å². The predicted molar refractivity (Wildman–Crippen MR) is 126 cm³/mol. The second kappa shape index (κ2) is 9.01. The molecule has 0 aromatic carbocycles. The van der Waals surface area contributed by atoms with Crippen LogP contribution in [0.2, 0.25) is 0 Å². The van der Waals surface area contributed by atoms with Gasteiger partial charge in [-0.2, -0.15) is 0 Å². The molecule has 4 aliphatic carbocycles. The Morgan fingerprint density at radius 3 is 2.24 bits per heavy atom. The van der Waals surface area contributed by atoms with Crippen LogP contribution in [0.1, 0.15) is 85.5 Å². The van der Waals surface area contributed by atoms with Crippen molar-refractivity contribution < 1.29 is 30.6 Å². The molecule has 4 aliphatic rings. The van der Waals surface area contributed by atoms with Crippen LogP contribution in [0.15, 0.2) is 0 Å². The van der Waals surface area contributed by atoms with E-state index in [-0.39, 0.29) is 48.0 Å². The Kier molecular flexibility index (Phi) is 7.05. The van der Waals surface area contributed by atoms with E-state index in [1.807, 2.05) is 6.92 Å². The van der Waals surface area contributed by atoms with Gasteiger partial charge in [-0.05, 0) is 78.9 Å². The van der Waals surface area contributed by atoms with Crippen molar-refractivity contribution in [2.24, 2.45) is 46.3 Å². The maximum absolute atomic E-state index is 12.3. The number of rotatable bonds is 6. The van der Waals surface area contributed by atoms with Crippen molar-refractivity contribution in [3.8, 4) is 0 Å². The molecular weight excluding hydrogens is 420 g/mol. The molecule has 13 atom stereocenters. The fraction of sp³-hybridized carbons (Fsp3) is 1.00. The maximum Gasteiger partial charge on any atom is 0.0863 e. The average Bonchev–Trinajstić information content (AvgIpc) is 2.95. The minimum Gasteiger partial charge on any atom is -0.396 e. The number of hydrogen-bond donors (Lipinski definition) is 6. The highest BCUT2D eigenvalue weighted by molar-refractivity contribution is 5.21. The van der Waals surface area contributed by atoms with E-state index in [9.17, 15) is 30.6 Å². The first-order valence-corrected chi connectivity index (χ1v) is 13.5. The summed E-state index contributed by atoms with van der Waals surface area (Å²) in [5, 5.41) is 65.7. The summed E-state index contributed by atoms with van der Waals surface area (Å²) in [5.74, 6) is -0.211. The Morgan fingerprint density at radius 2 is 1.58 bits per heavy atom. The van der Waals surface area contributed by atoms with Crippen molar-refractivity contribution in [2.75, 3.05) is 6.61 Å². The minimum atomic E-state index is -1.22. The van der Waals surface area contributed by atoms with E-state index in [0.29, 0.717) is 12.8 Å². The topological polar surface area (TPSA) is 121 Å². The van der Waals surface area contributed by atoms with E-state index in [0.717, 1.165) is 38.5 Å². The molecule has 192 valence electrons. The maximum atomic E-state index is 12.3. The lowest BCUT2D eigenvalue weighted by molar-refractivity contribution is -0.264. The zero-order valence-corrected chi connectivity index (χ0v) is 21.0. The van der Waals surface area contributed by atoms with Gasteiger partial charge in [-0.3, -0.25) is 0 Å². The molecule has 0 saturated heterocycles. The molecule has 0 radical (unpaired) electrons. The summed E-state index contributed by atoms with van der Waals surface area (Å²) in [7, 11) is 0. The number of aliphatic hydroxyl groups excluding tert-OH is 5. The highest BCUT2D eigenvalue weighted by atomic mass is 16.3. The van der Waals surface area contributed by atoms with Crippen LogP contribution >= 0.6 is 0 Å². The van der Waals surface area contributed by atoms with Gasteiger partial charge in [0.2, 0.25) is 0 Å². The van der Waals surface area contributed by atoms with Crippen molar-refractivity contribution >= 4 is 0 Å². The zero-order valence-electron chi connectivity index (χ0n) is 21.0. The van der Waals surface area contributed by atoms with Crippen LogP contribution in [-0.4, -0.2) is 67.3 Å². The summed E-state index contributed by atoms with van der Waals surface area (Å²) < 4.78 is 0. The summed E-state index contributed by atoms with van der Waals surface area (Å²) in [6, 6.07) is 0. The molecule has 4 saturated carbocycles. The van der Waals surface area contributed by atoms with Crippen LogP contribution < -0.4 is 0 Å². The van der Waals surface area contributed by atoms with E-state index in [1.165, 1.54) is 0 Å². The third-order valence-corrected chi connectivity index (χ3v) is 11.1. The smallest absolute Gasteiger partial charge is 0.0863 e. The first-order valence-electron chi connectivity index (χ1n) is 13.5. The predicted octanol–water partition coefficient (Wildman–Crippen LogP) is 2.47. The van der Waals surface area contributed by atoms with Gasteiger partial charge in [-0.1, -0.05) is 40.5 Å². The molecule has 0 aromatic heterocycles. The number of aliphatic hydroxyl groups is 6. The van der Waals surface area contributed by atoms with E-state index < -0.39 is 41.3 Å². The Balaban J connectivity index is 1.61. The molecule has 4 unspecified atom stereocenters. The molecule has 6 heteroatoms. The Bertz CT molecular complexity index is 702. The molecule has 33 heavy (non-hydrogen) atoms. The molecule has 0 spiro atoms. The standard InChI is InChI=1S/C27H48O6/c1-15(14-28)6-5-7-16(2)21-22(31)23(32)24-26(21,4)11-9-20-25(3)10-8-17(29)12-18(25)19(30)13-27(20,24)33/h15-24,28-33H,5-14H2,1-4H3/t15-,16?,17+,18?,19-,20?,21+,22-,23+,24?,25+,26-,27+/m1/s1. The summed E-state index contributed by atoms with van der Waals surface area (Å²) in [6.45, 7) is 8.70. The third-order valence-electron chi connectivity index (χ3n) is 11.1. The SMILES string of the molecule is CC(CCC[C@@H](C)CO)[C@H]1[C@@H](O)[C@H](O)C2[C@]3(O)C[C@@H](O)C4C[C@@H](O)CC[C@]4(C)C3CC[C@@]21C. The summed E-state index contributed by atoms with van der Waals surface area (Å²) >= 11 is 0. The first kappa shape index (κ1) is 25.8. The molecule has 4 rings (SSSR count). The van der Waals surface area contributed by atoms with Gasteiger partial charge in [-0.15, -0.1) is 0 Å². The van der Waals surface area contributed by atoms with E-state index in [1.54, 1.807) is 0 Å². The van der Waals surface area contributed by atoms with Crippen LogP contribution in [-0.2, 0) is 0 Å². The fourth-order valence-electron chi connectivity index (χ4n) is 9.57. The Morgan fingerprint density at radius 1 is 0.909 bits per heavy atom. The first-order chi connectivity index (χ1) is 15.4. The van der Waals surface area contributed by atoms with Crippen molar-refractivity contribution in [3.05, 3.63) is 0 Å². The van der Waals surface area contributed by atoms with Gasteiger partial charge in [-0.25, -0.2) is 0 Å². The Labute approximate surface area is 199 Å². The highest BCUT2D eigenvalue weighted by Crippen LogP contribution is 2.69. The van der Waals surface area contributed by atoms with Crippen molar-refractivity contribution in [3.63, 3.8) is 0 Å². The van der Waals surface area contributed by atoms with Crippen LogP contribution in [0.5, 0.6) is 0 Å². The molecule has 0 aromatic rings. The third kappa shape index (κ3) is 3.92. The molecule has 0 bridgehead atoms. The monoisotopic (exact) mass is 468 g/mol. The van der Waals surface area contributed by atoms with Crippen LogP contribution in [0.4, 0.5) is 0 Å². The van der Waals surface area contributed by atoms with Gasteiger partial charge in [0.05, 0.1) is 30.0 Å². The lowest BCUT2D eigenvalue weighted by Crippen LogP contribution is -2.68. The van der Waals surface area contributed by atoms with Crippen LogP contribution in [0, 0.1) is 46.3 Å². The molecule has 0 amide bonds. The minimum absolute atomic E-state index is 0.0393. The van der Waals surface area contributed by atoms with Crippen LogP contribution in [0.25, 0.3) is 0 Å². The van der Waals surface area contributed by atoms with Gasteiger partial charge in [0.25, 0.3) is 0 Å². The molecule has 6 N–H and O–H groups in total. The molecule has 4 fully saturated rings. The highest BCUT2D eigenvalue weighted by Gasteiger charge is 2.72. The fourth-order valence-corrected chi connectivity index (χ4v) is 9.57. The van der Waals surface area contributed by atoms with Gasteiger partial charge < -0.3 is 30.6 Å². The van der Waals surface area contributed by atoms with Crippen molar-refractivity contribution in [1.29, 1.82) is 0 Å². The largest absolute Gasteiger partial charge is 0.396 e. The van der Waals surface area contributed by atoms with Gasteiger partial charge >= 0.3 is 0 Å². The van der Waals surface area contributed by atoms with E-state index in [4.69, 9.17) is 0 Å². The number of hydrogen-bond acceptors (Lipinski definition) is 6. The van der Waals surface area contributed by atoms with E-state index in [2.05, 4.69) is 20.8 Å². The molecule has 6 nitrogen and oxygen atoms in total. The summed E-state index contributed by atoms with van der Waals surface area (Å²) in [5.41, 5.74) is -1.90. The van der Waals surface area contributed by atoms with Gasteiger partial charge in [0.15, 0.2) is 0 Å². The second-order valence-corrected chi connectivity index (χ2v) is 13.1.